The molecule has 0 bridgehead atoms. The highest BCUT2D eigenvalue weighted by atomic mass is 16.5. The number of benzene rings is 4. The Bertz CT molecular complexity index is 3160. The summed E-state index contributed by atoms with van der Waals surface area (Å²) in [6.45, 7) is 0.803. The van der Waals surface area contributed by atoms with Crippen molar-refractivity contribution < 1.29 is 52.6 Å². The Labute approximate surface area is 500 Å². The monoisotopic (exact) mass is 1210 g/mol. The highest BCUT2D eigenvalue weighted by Crippen LogP contribution is 2.27. The average molecular weight is 1210 g/mol. The number of anilines is 4. The number of rotatable bonds is 34. The Balaban J connectivity index is 1.55. The molecule has 32 nitrogen and oxygen atoms in total. The maximum atomic E-state index is 14.2. The van der Waals surface area contributed by atoms with Gasteiger partial charge < -0.3 is 107 Å². The van der Waals surface area contributed by atoms with Gasteiger partial charge in [-0.3, -0.25) is 60.0 Å². The van der Waals surface area contributed by atoms with E-state index in [2.05, 4.69) is 58.5 Å². The van der Waals surface area contributed by atoms with Gasteiger partial charge in [0.15, 0.2) is 23.8 Å². The summed E-state index contributed by atoms with van der Waals surface area (Å²) in [6, 6.07) is 13.7. The fourth-order valence-corrected chi connectivity index (χ4v) is 8.35. The van der Waals surface area contributed by atoms with Crippen molar-refractivity contribution >= 4 is 93.8 Å². The molecule has 4 aromatic carbocycles. The molecule has 4 aromatic rings. The summed E-state index contributed by atoms with van der Waals surface area (Å²) in [5.41, 5.74) is 33.7. The molecule has 0 heterocycles. The molecular formula is C55H77N21O11. The lowest BCUT2D eigenvalue weighted by atomic mass is 10.1. The van der Waals surface area contributed by atoms with Gasteiger partial charge in [-0.25, -0.2) is 0 Å². The van der Waals surface area contributed by atoms with E-state index in [1.54, 1.807) is 0 Å². The van der Waals surface area contributed by atoms with Gasteiger partial charge in [-0.1, -0.05) is 6.07 Å². The molecule has 0 fully saturated rings. The summed E-state index contributed by atoms with van der Waals surface area (Å²) in [5, 5.41) is 59.3. The van der Waals surface area contributed by atoms with Crippen LogP contribution in [-0.2, 0) is 19.2 Å². The quantitative estimate of drug-likeness (QED) is 0.0157. The van der Waals surface area contributed by atoms with Gasteiger partial charge in [0.05, 0.1) is 44.1 Å². The van der Waals surface area contributed by atoms with Gasteiger partial charge in [0.25, 0.3) is 23.6 Å². The highest BCUT2D eigenvalue weighted by molar-refractivity contribution is 6.07. The summed E-state index contributed by atoms with van der Waals surface area (Å²) in [4.78, 5) is 109. The Hall–Kier alpha value is -10.9. The smallest absolute Gasteiger partial charge is 0.255 e. The number of amides is 8. The van der Waals surface area contributed by atoms with E-state index in [-0.39, 0.29) is 151 Å². The van der Waals surface area contributed by atoms with Gasteiger partial charge in [0.1, 0.15) is 35.4 Å². The average Bonchev–Trinajstić information content (AvgIpc) is 2.88. The normalized spacial score (nSPS) is 11.9. The number of nitrogens with one attached hydrogen (secondary N) is 15. The number of nitrogens with two attached hydrogens (primary N) is 6. The Kier molecular flexibility index (Phi) is 27.3. The lowest BCUT2D eigenvalue weighted by molar-refractivity contribution is -0.118. The first-order valence-corrected chi connectivity index (χ1v) is 27.1. The van der Waals surface area contributed by atoms with Crippen molar-refractivity contribution in [1.82, 2.24) is 37.2 Å². The third kappa shape index (κ3) is 23.0. The van der Waals surface area contributed by atoms with E-state index in [1.165, 1.54) is 100 Å². The molecule has 0 spiro atoms. The van der Waals surface area contributed by atoms with Gasteiger partial charge in [-0.05, 0) is 124 Å². The predicted octanol–water partition coefficient (Wildman–Crippen LogP) is -0.659. The molecule has 0 saturated carbocycles. The molecule has 0 unspecified atom stereocenters. The first-order chi connectivity index (χ1) is 41.4. The number of primary amides is 1. The van der Waals surface area contributed by atoms with Gasteiger partial charge in [0, 0.05) is 54.5 Å². The predicted molar refractivity (Wildman–Crippen MR) is 327 cm³/mol. The molecule has 27 N–H and O–H groups in total. The largest absolute Gasteiger partial charge is 0.496 e. The van der Waals surface area contributed by atoms with Crippen molar-refractivity contribution in [2.45, 2.75) is 75.5 Å². The van der Waals surface area contributed by atoms with Crippen LogP contribution >= 0.6 is 0 Å². The molecule has 0 radical (unpaired) electrons. The van der Waals surface area contributed by atoms with E-state index in [1.807, 2.05) is 0 Å². The lowest BCUT2D eigenvalue weighted by Gasteiger charge is -2.21. The second-order valence-electron chi connectivity index (χ2n) is 19.3. The summed E-state index contributed by atoms with van der Waals surface area (Å²) >= 11 is 0. The minimum atomic E-state index is -1.27. The van der Waals surface area contributed by atoms with Crippen LogP contribution in [-0.4, -0.2) is 143 Å². The third-order valence-corrected chi connectivity index (χ3v) is 12.7. The molecule has 87 heavy (non-hydrogen) atoms. The van der Waals surface area contributed by atoms with Crippen molar-refractivity contribution in [3.8, 4) is 17.2 Å². The summed E-state index contributed by atoms with van der Waals surface area (Å²) in [5.74, 6) is -6.66. The van der Waals surface area contributed by atoms with E-state index in [0.717, 1.165) is 0 Å². The van der Waals surface area contributed by atoms with Crippen LogP contribution in [0.3, 0.4) is 0 Å². The second kappa shape index (κ2) is 34.6. The van der Waals surface area contributed by atoms with E-state index in [9.17, 15) is 38.4 Å². The van der Waals surface area contributed by atoms with Crippen molar-refractivity contribution in [2.24, 2.45) is 34.4 Å². The molecule has 0 aromatic heterocycles. The van der Waals surface area contributed by atoms with E-state index < -0.39 is 71.4 Å². The molecule has 0 aliphatic heterocycles. The zero-order chi connectivity index (χ0) is 64.2. The minimum absolute atomic E-state index is 0.00323. The molecule has 4 rings (SSSR count). The van der Waals surface area contributed by atoms with Crippen molar-refractivity contribution in [3.05, 3.63) is 101 Å². The summed E-state index contributed by atoms with van der Waals surface area (Å²) < 4.78 is 16.1. The fraction of sp³-hybridized carbons (Fsp3) is 0.345. The zero-order valence-electron chi connectivity index (χ0n) is 48.3. The first kappa shape index (κ1) is 68.6. The van der Waals surface area contributed by atoms with Crippen LogP contribution in [0.25, 0.3) is 0 Å². The SMILES string of the molecule is COc1ccc(NC(=O)[C@@H](CCCNC(=N)N)NC(=O)c2cc(NC(=O)[C@@H](CCCNC(=N)N)NC(=O)c3cccc(NC(=O)[C@@H](CCCNC(=N)N)NC(=O)c4cc(NC(=O)[C@H](N)CCCNC(=N)N)ccc4OC)c3)ccc2OC)cc1C(N)=O. The maximum Gasteiger partial charge on any atom is 0.255 e. The maximum absolute atomic E-state index is 14.2. The van der Waals surface area contributed by atoms with Gasteiger partial charge >= 0.3 is 0 Å². The van der Waals surface area contributed by atoms with Crippen LogP contribution < -0.4 is 107 Å². The Morgan fingerprint density at radius 1 is 0.414 bits per heavy atom. The minimum Gasteiger partial charge on any atom is -0.496 e. The molecule has 0 aliphatic carbocycles. The number of methoxy groups -OCH3 is 3. The molecule has 4 atom stereocenters. The fourth-order valence-electron chi connectivity index (χ4n) is 8.35. The number of carbonyl (C=O) groups excluding carboxylic acids is 8. The standard InChI is InChI=1S/C55H77N21O11/c1-85-41-18-15-31(26-34(41)44(57)77)72-51(84)40(14-8-24-69-55(64)65)76-47(80)36-28-33(17-20-43(36)87-3)73-49(82)38(12-6-22-67-53(60)61)74-45(78)29-9-4-10-30(25-29)71-50(83)39(13-7-23-68-54(62)63)75-46(79)35-27-32(16-19-42(35)86-2)70-48(81)37(56)11-5-21-66-52(58)59/h4,9-10,15-20,25-28,37-40H,5-8,11-14,21-24,56H2,1-3H3,(H2,57,77)(H,70,81)(H,71,83)(H,72,84)(H,73,82)(H,74,78)(H,75,79)(H,76,80)(H4,58,59,66)(H4,60,61,67)(H4,62,63,68)(H4,64,65,69)/t37-,38-,39-,40-/m1/s1. The van der Waals surface area contributed by atoms with E-state index in [4.69, 9.17) is 70.2 Å². The van der Waals surface area contributed by atoms with Crippen LogP contribution in [0.1, 0.15) is 92.8 Å². The molecule has 0 saturated heterocycles. The van der Waals surface area contributed by atoms with Crippen molar-refractivity contribution in [3.63, 3.8) is 0 Å². The van der Waals surface area contributed by atoms with Gasteiger partial charge in [-0.2, -0.15) is 0 Å². The number of guanidine groups is 4. The highest BCUT2D eigenvalue weighted by Gasteiger charge is 2.28. The lowest BCUT2D eigenvalue weighted by Crippen LogP contribution is -2.45. The number of ether oxygens (including phenoxy) is 3. The number of hydrogen-bond acceptors (Lipinski definition) is 16. The molecular weight excluding hydrogens is 1130 g/mol. The summed E-state index contributed by atoms with van der Waals surface area (Å²) in [6.07, 6.45) is 1.44. The number of hydrogen-bond donors (Lipinski definition) is 21. The van der Waals surface area contributed by atoms with Crippen LogP contribution in [0.2, 0.25) is 0 Å². The van der Waals surface area contributed by atoms with Crippen molar-refractivity contribution in [1.29, 1.82) is 21.6 Å². The Morgan fingerprint density at radius 2 is 0.736 bits per heavy atom. The zero-order valence-corrected chi connectivity index (χ0v) is 48.3. The van der Waals surface area contributed by atoms with E-state index >= 15 is 0 Å². The van der Waals surface area contributed by atoms with Crippen LogP contribution in [0.4, 0.5) is 22.7 Å². The third-order valence-electron chi connectivity index (χ3n) is 12.7. The molecule has 468 valence electrons. The topological polar surface area (TPSA) is 548 Å². The van der Waals surface area contributed by atoms with Crippen LogP contribution in [0, 0.1) is 21.6 Å². The first-order valence-electron chi connectivity index (χ1n) is 27.1. The van der Waals surface area contributed by atoms with Gasteiger partial charge in [0.2, 0.25) is 23.6 Å². The molecule has 0 aliphatic rings. The second-order valence-corrected chi connectivity index (χ2v) is 19.3. The van der Waals surface area contributed by atoms with E-state index in [0.29, 0.717) is 13.0 Å². The Morgan fingerprint density at radius 3 is 1.09 bits per heavy atom. The van der Waals surface area contributed by atoms with Crippen LogP contribution in [0.15, 0.2) is 78.9 Å². The van der Waals surface area contributed by atoms with Crippen LogP contribution in [0.5, 0.6) is 17.2 Å². The van der Waals surface area contributed by atoms with Gasteiger partial charge in [-0.15, -0.1) is 0 Å². The van der Waals surface area contributed by atoms with Crippen molar-refractivity contribution in [2.75, 3.05) is 68.8 Å². The molecule has 8 amide bonds. The molecule has 32 heteroatoms. The summed E-state index contributed by atoms with van der Waals surface area (Å²) in [7, 11) is 3.98. The number of carbonyl (C=O) groups is 8.